The fraction of sp³-hybridized carbons (Fsp3) is 0.250. The molecule has 4 nitrogen and oxygen atoms in total. The van der Waals surface area contributed by atoms with Gasteiger partial charge in [0.05, 0.1) is 5.52 Å². The smallest absolute Gasteiger partial charge is 0.0703 e. The summed E-state index contributed by atoms with van der Waals surface area (Å²) in [6, 6.07) is 17.8. The molecule has 1 atom stereocenters. The van der Waals surface area contributed by atoms with Gasteiger partial charge in [-0.05, 0) is 80.6 Å². The standard InChI is InChI=1S/C24H26N4/c1-16(2)27-22-6-7-24-21(13-22)11-18(14-26-24)10-17(3)28-23-5-4-20-15-25-9-8-19(20)12-23/h4-9,11-17,27-28H,10H2,1-3H3. The summed E-state index contributed by atoms with van der Waals surface area (Å²) in [5.74, 6) is 0. The van der Waals surface area contributed by atoms with Gasteiger partial charge in [0.25, 0.3) is 0 Å². The van der Waals surface area contributed by atoms with E-state index in [0.29, 0.717) is 12.1 Å². The van der Waals surface area contributed by atoms with Crippen molar-refractivity contribution in [2.45, 2.75) is 39.3 Å². The van der Waals surface area contributed by atoms with Crippen molar-refractivity contribution in [3.63, 3.8) is 0 Å². The topological polar surface area (TPSA) is 49.8 Å². The molecule has 0 saturated carbocycles. The molecular weight excluding hydrogens is 344 g/mol. The van der Waals surface area contributed by atoms with Crippen molar-refractivity contribution in [1.82, 2.24) is 9.97 Å². The predicted octanol–water partition coefficient (Wildman–Crippen LogP) is 5.65. The number of pyridine rings is 2. The highest BCUT2D eigenvalue weighted by atomic mass is 14.9. The van der Waals surface area contributed by atoms with Crippen molar-refractivity contribution < 1.29 is 0 Å². The monoisotopic (exact) mass is 370 g/mol. The quantitative estimate of drug-likeness (QED) is 0.461. The third-order valence-corrected chi connectivity index (χ3v) is 4.79. The molecule has 0 aliphatic rings. The van der Waals surface area contributed by atoms with Crippen LogP contribution in [0.5, 0.6) is 0 Å². The highest BCUT2D eigenvalue weighted by Gasteiger charge is 2.07. The number of benzene rings is 2. The number of aromatic nitrogens is 2. The summed E-state index contributed by atoms with van der Waals surface area (Å²) >= 11 is 0. The molecule has 4 aromatic rings. The number of fused-ring (bicyclic) bond motifs is 2. The molecule has 2 aromatic carbocycles. The average Bonchev–Trinajstić information content (AvgIpc) is 2.67. The van der Waals surface area contributed by atoms with Gasteiger partial charge >= 0.3 is 0 Å². The molecule has 0 saturated heterocycles. The lowest BCUT2D eigenvalue weighted by atomic mass is 10.1. The normalized spacial score (nSPS) is 12.4. The Hall–Kier alpha value is -3.14. The van der Waals surface area contributed by atoms with Gasteiger partial charge in [-0.15, -0.1) is 0 Å². The largest absolute Gasteiger partial charge is 0.383 e. The predicted molar refractivity (Wildman–Crippen MR) is 119 cm³/mol. The van der Waals surface area contributed by atoms with E-state index < -0.39 is 0 Å². The third-order valence-electron chi connectivity index (χ3n) is 4.79. The van der Waals surface area contributed by atoms with Crippen LogP contribution in [0.3, 0.4) is 0 Å². The van der Waals surface area contributed by atoms with Crippen LogP contribution < -0.4 is 10.6 Å². The number of anilines is 2. The maximum atomic E-state index is 4.64. The molecule has 0 fully saturated rings. The van der Waals surface area contributed by atoms with E-state index in [-0.39, 0.29) is 0 Å². The Morgan fingerprint density at radius 3 is 2.43 bits per heavy atom. The van der Waals surface area contributed by atoms with Gasteiger partial charge in [-0.25, -0.2) is 0 Å². The van der Waals surface area contributed by atoms with Gasteiger partial charge in [-0.1, -0.05) is 6.07 Å². The average molecular weight is 371 g/mol. The van der Waals surface area contributed by atoms with Crippen molar-refractivity contribution in [3.8, 4) is 0 Å². The number of nitrogens with one attached hydrogen (secondary N) is 2. The molecular formula is C24H26N4. The van der Waals surface area contributed by atoms with Crippen LogP contribution in [0, 0.1) is 0 Å². The summed E-state index contributed by atoms with van der Waals surface area (Å²) < 4.78 is 0. The number of rotatable bonds is 6. The van der Waals surface area contributed by atoms with Crippen LogP contribution >= 0.6 is 0 Å². The zero-order valence-electron chi connectivity index (χ0n) is 16.6. The Kier molecular flexibility index (Phi) is 5.11. The van der Waals surface area contributed by atoms with Crippen molar-refractivity contribution in [3.05, 3.63) is 72.7 Å². The second kappa shape index (κ2) is 7.85. The molecule has 1 unspecified atom stereocenters. The first kappa shape index (κ1) is 18.2. The van der Waals surface area contributed by atoms with Crippen LogP contribution in [0.2, 0.25) is 0 Å². The number of nitrogens with zero attached hydrogens (tertiary/aromatic N) is 2. The van der Waals surface area contributed by atoms with Crippen LogP contribution in [0.1, 0.15) is 26.3 Å². The van der Waals surface area contributed by atoms with E-state index in [0.717, 1.165) is 28.7 Å². The first-order valence-corrected chi connectivity index (χ1v) is 9.82. The van der Waals surface area contributed by atoms with Crippen LogP contribution in [-0.4, -0.2) is 22.1 Å². The van der Waals surface area contributed by atoms with E-state index in [9.17, 15) is 0 Å². The molecule has 28 heavy (non-hydrogen) atoms. The van der Waals surface area contributed by atoms with E-state index in [2.05, 4.69) is 83.8 Å². The molecule has 0 radical (unpaired) electrons. The highest BCUT2D eigenvalue weighted by molar-refractivity contribution is 5.85. The molecule has 2 aromatic heterocycles. The molecule has 0 amide bonds. The lowest BCUT2D eigenvalue weighted by Gasteiger charge is -2.16. The van der Waals surface area contributed by atoms with Crippen molar-refractivity contribution in [2.75, 3.05) is 10.6 Å². The SMILES string of the molecule is CC(C)Nc1ccc2ncc(CC(C)Nc3ccc4cnccc4c3)cc2c1. The van der Waals surface area contributed by atoms with E-state index in [1.807, 2.05) is 24.7 Å². The van der Waals surface area contributed by atoms with Crippen molar-refractivity contribution in [2.24, 2.45) is 0 Å². The molecule has 142 valence electrons. The molecule has 4 rings (SSSR count). The van der Waals surface area contributed by atoms with Gasteiger partial charge < -0.3 is 10.6 Å². The van der Waals surface area contributed by atoms with Crippen LogP contribution in [-0.2, 0) is 6.42 Å². The molecule has 0 aliphatic heterocycles. The van der Waals surface area contributed by atoms with Gasteiger partial charge in [0.2, 0.25) is 0 Å². The molecule has 0 aliphatic carbocycles. The second-order valence-electron chi connectivity index (χ2n) is 7.74. The summed E-state index contributed by atoms with van der Waals surface area (Å²) in [5, 5.41) is 10.6. The van der Waals surface area contributed by atoms with Crippen molar-refractivity contribution in [1.29, 1.82) is 0 Å². The zero-order chi connectivity index (χ0) is 19.5. The Balaban J connectivity index is 1.49. The van der Waals surface area contributed by atoms with Crippen LogP contribution in [0.25, 0.3) is 21.7 Å². The molecule has 2 N–H and O–H groups in total. The van der Waals surface area contributed by atoms with Gasteiger partial charge in [-0.3, -0.25) is 9.97 Å². The summed E-state index contributed by atoms with van der Waals surface area (Å²) in [6.07, 6.45) is 6.63. The third kappa shape index (κ3) is 4.22. The van der Waals surface area contributed by atoms with E-state index >= 15 is 0 Å². The number of hydrogen-bond donors (Lipinski definition) is 2. The Bertz CT molecular complexity index is 1100. The van der Waals surface area contributed by atoms with Gasteiger partial charge in [0.15, 0.2) is 0 Å². The maximum absolute atomic E-state index is 4.64. The molecule has 2 heterocycles. The Morgan fingerprint density at radius 2 is 1.57 bits per heavy atom. The van der Waals surface area contributed by atoms with Gasteiger partial charge in [-0.2, -0.15) is 0 Å². The minimum Gasteiger partial charge on any atom is -0.383 e. The molecule has 4 heteroatoms. The highest BCUT2D eigenvalue weighted by Crippen LogP contribution is 2.22. The van der Waals surface area contributed by atoms with Crippen molar-refractivity contribution >= 4 is 33.1 Å². The number of hydrogen-bond acceptors (Lipinski definition) is 4. The van der Waals surface area contributed by atoms with Crippen LogP contribution in [0.4, 0.5) is 11.4 Å². The Labute approximate surface area is 166 Å². The van der Waals surface area contributed by atoms with Crippen LogP contribution in [0.15, 0.2) is 67.1 Å². The fourth-order valence-electron chi connectivity index (χ4n) is 3.57. The summed E-state index contributed by atoms with van der Waals surface area (Å²) in [6.45, 7) is 6.50. The summed E-state index contributed by atoms with van der Waals surface area (Å²) in [4.78, 5) is 8.81. The lowest BCUT2D eigenvalue weighted by molar-refractivity contribution is 0.789. The van der Waals surface area contributed by atoms with Gasteiger partial charge in [0.1, 0.15) is 0 Å². The maximum Gasteiger partial charge on any atom is 0.0703 e. The van der Waals surface area contributed by atoms with E-state index in [1.54, 1.807) is 0 Å². The lowest BCUT2D eigenvalue weighted by Crippen LogP contribution is -2.18. The summed E-state index contributed by atoms with van der Waals surface area (Å²) in [7, 11) is 0. The molecule has 0 bridgehead atoms. The first-order valence-electron chi connectivity index (χ1n) is 9.82. The first-order chi connectivity index (χ1) is 13.6. The van der Waals surface area contributed by atoms with Gasteiger partial charge in [0, 0.05) is 52.8 Å². The summed E-state index contributed by atoms with van der Waals surface area (Å²) in [5.41, 5.74) is 4.53. The minimum absolute atomic E-state index is 0.301. The fourth-order valence-corrected chi connectivity index (χ4v) is 3.57. The zero-order valence-corrected chi connectivity index (χ0v) is 16.6. The molecule has 0 spiro atoms. The van der Waals surface area contributed by atoms with E-state index in [1.165, 1.54) is 16.3 Å². The van der Waals surface area contributed by atoms with E-state index in [4.69, 9.17) is 0 Å². The second-order valence-corrected chi connectivity index (χ2v) is 7.74. The Morgan fingerprint density at radius 1 is 0.786 bits per heavy atom. The minimum atomic E-state index is 0.301.